The van der Waals surface area contributed by atoms with Gasteiger partial charge in [0, 0.05) is 25.4 Å². The SMILES string of the molecule is C=C[Si](C)(C)O[Si](O[Si](C)(C)C=C)(O[Si](C)(C)C=C)C(CC)OC(=O)C(=C)C.CO[SiH](OC)c1ccc(-c2ccccc2Oc2ccccc2)cc1. The van der Waals surface area contributed by atoms with E-state index in [4.69, 9.17) is 30.7 Å². The minimum atomic E-state index is -3.52. The number of benzene rings is 3. The van der Waals surface area contributed by atoms with Crippen molar-refractivity contribution >= 4 is 54.2 Å². The molecule has 0 aliphatic rings. The zero-order chi connectivity index (χ0) is 39.2. The quantitative estimate of drug-likeness (QED) is 0.0676. The molecule has 52 heavy (non-hydrogen) atoms. The molecule has 1 unspecified atom stereocenters. The summed E-state index contributed by atoms with van der Waals surface area (Å²) < 4.78 is 42.7. The molecule has 3 aromatic carbocycles. The first kappa shape index (κ1) is 44.9. The molecule has 0 saturated heterocycles. The van der Waals surface area contributed by atoms with Crippen LogP contribution in [0.5, 0.6) is 11.5 Å². The lowest BCUT2D eigenvalue weighted by Gasteiger charge is -2.45. The van der Waals surface area contributed by atoms with E-state index in [1.54, 1.807) is 21.1 Å². The van der Waals surface area contributed by atoms with Gasteiger partial charge in [-0.15, -0.1) is 19.7 Å². The van der Waals surface area contributed by atoms with Gasteiger partial charge in [0.2, 0.25) is 25.0 Å². The predicted molar refractivity (Wildman–Crippen MR) is 226 cm³/mol. The Morgan fingerprint density at radius 2 is 1.19 bits per heavy atom. The first-order valence-corrected chi connectivity index (χ1v) is 29.5. The number of carbonyl (C=O) groups is 1. The van der Waals surface area contributed by atoms with Gasteiger partial charge in [0.1, 0.15) is 11.5 Å². The topological polar surface area (TPSA) is 81.7 Å². The third-order valence-corrected chi connectivity index (χ3v) is 23.6. The summed E-state index contributed by atoms with van der Waals surface area (Å²) in [6.07, 6.45) is 0.496. The van der Waals surface area contributed by atoms with E-state index in [9.17, 15) is 4.79 Å². The molecule has 0 fully saturated rings. The molecule has 0 radical (unpaired) electrons. The van der Waals surface area contributed by atoms with E-state index in [-0.39, 0.29) is 0 Å². The highest BCUT2D eigenvalue weighted by molar-refractivity contribution is 6.94. The first-order chi connectivity index (χ1) is 24.4. The van der Waals surface area contributed by atoms with E-state index in [0.717, 1.165) is 27.8 Å². The molecule has 0 N–H and O–H groups in total. The Balaban J connectivity index is 0.000000363. The summed E-state index contributed by atoms with van der Waals surface area (Å²) in [6, 6.07) is 26.2. The molecule has 8 nitrogen and oxygen atoms in total. The Morgan fingerprint density at radius 1 is 0.731 bits per heavy atom. The standard InChI is InChI=1S/C20H20O3Si.C19H38O5Si4/c1-21-24(22-2)18-14-12-16(13-15-18)19-10-6-7-11-20(19)23-17-8-4-3-5-9-17;1-13-18(21-19(20)17(5)6)28(22-25(7,8)14-2,23-26(9,10)15-3)24-27(11,12)16-4/h3-15,24H,1-2H3;14-16,18H,2-5,13H2,1,6-12H3. The molecule has 0 saturated carbocycles. The van der Waals surface area contributed by atoms with Crippen LogP contribution in [0, 0.1) is 0 Å². The molecular formula is C39H58O8Si5. The Kier molecular flexibility index (Phi) is 17.5. The summed E-state index contributed by atoms with van der Waals surface area (Å²) in [5.41, 5.74) is 7.33. The van der Waals surface area contributed by atoms with Gasteiger partial charge in [0.25, 0.3) is 0 Å². The molecule has 282 valence electrons. The maximum Gasteiger partial charge on any atom is 0.513 e. The van der Waals surface area contributed by atoms with E-state index in [2.05, 4.69) is 56.6 Å². The number of para-hydroxylation sites is 2. The van der Waals surface area contributed by atoms with Crippen LogP contribution in [0.25, 0.3) is 11.1 Å². The summed E-state index contributed by atoms with van der Waals surface area (Å²) in [5.74, 6) is 1.19. The molecule has 3 rings (SSSR count). The molecule has 0 bridgehead atoms. The summed E-state index contributed by atoms with van der Waals surface area (Å²) >= 11 is 0. The summed E-state index contributed by atoms with van der Waals surface area (Å²) in [4.78, 5) is 12.4. The lowest BCUT2D eigenvalue weighted by atomic mass is 10.0. The van der Waals surface area contributed by atoms with Gasteiger partial charge in [-0.3, -0.25) is 0 Å². The van der Waals surface area contributed by atoms with Crippen LogP contribution in [-0.4, -0.2) is 69.0 Å². The van der Waals surface area contributed by atoms with Crippen LogP contribution in [0.2, 0.25) is 39.3 Å². The van der Waals surface area contributed by atoms with Crippen molar-refractivity contribution in [3.05, 3.63) is 128 Å². The molecule has 3 aromatic rings. The fraction of sp³-hybridized carbons (Fsp3) is 0.308. The average molecular weight is 795 g/mol. The van der Waals surface area contributed by atoms with E-state index >= 15 is 0 Å². The van der Waals surface area contributed by atoms with Gasteiger partial charge < -0.3 is 30.7 Å². The number of carbonyl (C=O) groups excluding carboxylic acids is 1. The highest BCUT2D eigenvalue weighted by atomic mass is 28.5. The van der Waals surface area contributed by atoms with Crippen LogP contribution < -0.4 is 9.92 Å². The minimum absolute atomic E-state index is 0.321. The van der Waals surface area contributed by atoms with Gasteiger partial charge in [-0.25, -0.2) is 4.79 Å². The van der Waals surface area contributed by atoms with Crippen molar-refractivity contribution in [3.63, 3.8) is 0 Å². The third kappa shape index (κ3) is 13.6. The molecule has 0 amide bonds. The van der Waals surface area contributed by atoms with Gasteiger partial charge in [-0.05, 0) is 81.6 Å². The highest BCUT2D eigenvalue weighted by Crippen LogP contribution is 2.34. The molecule has 0 aliphatic heterocycles. The lowest BCUT2D eigenvalue weighted by molar-refractivity contribution is -0.143. The van der Waals surface area contributed by atoms with Crippen LogP contribution >= 0.6 is 0 Å². The number of hydrogen-bond donors (Lipinski definition) is 0. The molecule has 13 heteroatoms. The fourth-order valence-corrected chi connectivity index (χ4v) is 19.7. The Bertz CT molecular complexity index is 1570. The molecule has 0 aromatic heterocycles. The maximum atomic E-state index is 12.4. The third-order valence-electron chi connectivity index (χ3n) is 7.83. The second-order valence-corrected chi connectivity index (χ2v) is 31.2. The molecule has 1 atom stereocenters. The van der Waals surface area contributed by atoms with Crippen molar-refractivity contribution in [1.29, 1.82) is 0 Å². The van der Waals surface area contributed by atoms with E-state index in [1.807, 2.05) is 112 Å². The summed E-state index contributed by atoms with van der Waals surface area (Å²) in [7, 11) is -8.97. The van der Waals surface area contributed by atoms with Gasteiger partial charge in [0.05, 0.1) is 0 Å². The van der Waals surface area contributed by atoms with Crippen LogP contribution in [-0.2, 0) is 30.7 Å². The second-order valence-electron chi connectivity index (χ2n) is 13.8. The van der Waals surface area contributed by atoms with E-state index in [0.29, 0.717) is 12.0 Å². The maximum absolute atomic E-state index is 12.4. The Morgan fingerprint density at radius 3 is 1.62 bits per heavy atom. The lowest BCUT2D eigenvalue weighted by Crippen LogP contribution is -2.68. The van der Waals surface area contributed by atoms with Gasteiger partial charge >= 0.3 is 24.1 Å². The first-order valence-electron chi connectivity index (χ1n) is 17.3. The number of ether oxygens (including phenoxy) is 2. The van der Waals surface area contributed by atoms with Gasteiger partial charge in [-0.2, -0.15) is 0 Å². The minimum Gasteiger partial charge on any atom is -0.457 e. The largest absolute Gasteiger partial charge is 0.513 e. The van der Waals surface area contributed by atoms with Crippen LogP contribution in [0.3, 0.4) is 0 Å². The van der Waals surface area contributed by atoms with Crippen LogP contribution in [0.15, 0.2) is 128 Å². The summed E-state index contributed by atoms with van der Waals surface area (Å²) in [5, 5.41) is 1.12. The normalized spacial score (nSPS) is 12.6. The van der Waals surface area contributed by atoms with Gasteiger partial charge in [0.15, 0.2) is 5.73 Å². The van der Waals surface area contributed by atoms with Crippen molar-refractivity contribution in [1.82, 2.24) is 0 Å². The molecule has 0 spiro atoms. The Hall–Kier alpha value is -3.23. The molecule has 0 aliphatic carbocycles. The van der Waals surface area contributed by atoms with Gasteiger partial charge in [-0.1, -0.05) is 91.3 Å². The van der Waals surface area contributed by atoms with Crippen molar-refractivity contribution in [2.24, 2.45) is 0 Å². The summed E-state index contributed by atoms with van der Waals surface area (Å²) in [6.45, 7) is 31.2. The smallest absolute Gasteiger partial charge is 0.457 e. The molecule has 0 heterocycles. The average Bonchev–Trinajstić information content (AvgIpc) is 3.11. The number of hydrogen-bond acceptors (Lipinski definition) is 8. The highest BCUT2D eigenvalue weighted by Gasteiger charge is 2.58. The number of esters is 1. The second kappa shape index (κ2) is 20.3. The fourth-order valence-electron chi connectivity index (χ4n) is 4.72. The van der Waals surface area contributed by atoms with Crippen molar-refractivity contribution in [2.45, 2.75) is 65.3 Å². The monoisotopic (exact) mass is 794 g/mol. The van der Waals surface area contributed by atoms with Crippen LogP contribution in [0.1, 0.15) is 20.3 Å². The predicted octanol–water partition coefficient (Wildman–Crippen LogP) is 9.07. The Labute approximate surface area is 318 Å². The zero-order valence-electron chi connectivity index (χ0n) is 32.7. The van der Waals surface area contributed by atoms with E-state index < -0.39 is 54.7 Å². The molecular weight excluding hydrogens is 737 g/mol. The van der Waals surface area contributed by atoms with Crippen LogP contribution in [0.4, 0.5) is 0 Å². The van der Waals surface area contributed by atoms with Crippen molar-refractivity contribution in [3.8, 4) is 22.6 Å². The van der Waals surface area contributed by atoms with Crippen molar-refractivity contribution in [2.75, 3.05) is 14.2 Å². The van der Waals surface area contributed by atoms with Crippen molar-refractivity contribution < 1.29 is 35.5 Å². The number of rotatable bonds is 19. The zero-order valence-corrected chi connectivity index (χ0v) is 37.8. The van der Waals surface area contributed by atoms with E-state index in [1.165, 1.54) is 0 Å².